The Labute approximate surface area is 166 Å². The first-order valence-electron chi connectivity index (χ1n) is 7.91. The summed E-state index contributed by atoms with van der Waals surface area (Å²) in [4.78, 5) is 26.5. The number of anilines is 2. The number of hydrogen-bond acceptors (Lipinski definition) is 5. The molecule has 0 atom stereocenters. The highest BCUT2D eigenvalue weighted by atomic mass is 35.5. The van der Waals surface area contributed by atoms with Crippen LogP contribution in [0.3, 0.4) is 0 Å². The summed E-state index contributed by atoms with van der Waals surface area (Å²) in [7, 11) is 2.95. The number of rotatable bonds is 5. The van der Waals surface area contributed by atoms with Crippen LogP contribution in [-0.2, 0) is 9.59 Å². The standard InChI is InChI=1S/C19H16Cl2N2O4/c1-10-8-11(20)4-6-13(10)22-17-16(21)18(24)23(19(17)25)14-7-5-12(26-2)9-15(14)27-3/h4-9,22H,1-3H3. The summed E-state index contributed by atoms with van der Waals surface area (Å²) in [5, 5.41) is 3.30. The predicted octanol–water partition coefficient (Wildman–Crippen LogP) is 4.10. The second-order valence-corrected chi connectivity index (χ2v) is 6.57. The first-order chi connectivity index (χ1) is 12.9. The van der Waals surface area contributed by atoms with Crippen LogP contribution in [0.1, 0.15) is 5.56 Å². The third-order valence-corrected chi connectivity index (χ3v) is 4.69. The minimum Gasteiger partial charge on any atom is -0.497 e. The summed E-state index contributed by atoms with van der Waals surface area (Å²) >= 11 is 12.1. The molecular weight excluding hydrogens is 391 g/mol. The third-order valence-electron chi connectivity index (χ3n) is 4.10. The lowest BCUT2D eigenvalue weighted by Crippen LogP contribution is -2.32. The van der Waals surface area contributed by atoms with Gasteiger partial charge in [-0.2, -0.15) is 0 Å². The van der Waals surface area contributed by atoms with Crippen LogP contribution in [0.5, 0.6) is 11.5 Å². The molecule has 0 unspecified atom stereocenters. The number of nitrogens with zero attached hydrogens (tertiary/aromatic N) is 1. The molecule has 27 heavy (non-hydrogen) atoms. The quantitative estimate of drug-likeness (QED) is 0.756. The smallest absolute Gasteiger partial charge is 0.283 e. The van der Waals surface area contributed by atoms with Crippen LogP contribution in [-0.4, -0.2) is 26.0 Å². The van der Waals surface area contributed by atoms with Gasteiger partial charge in [0, 0.05) is 16.8 Å². The second kappa shape index (κ2) is 7.50. The van der Waals surface area contributed by atoms with Crippen molar-refractivity contribution in [1.82, 2.24) is 0 Å². The molecule has 0 aromatic heterocycles. The molecule has 8 heteroatoms. The maximum absolute atomic E-state index is 12.9. The Morgan fingerprint density at radius 3 is 2.33 bits per heavy atom. The maximum atomic E-state index is 12.9. The third kappa shape index (κ3) is 3.46. The number of hydrogen-bond donors (Lipinski definition) is 1. The average molecular weight is 407 g/mol. The van der Waals surface area contributed by atoms with Crippen LogP contribution in [0, 0.1) is 6.92 Å². The average Bonchev–Trinajstić information content (AvgIpc) is 2.86. The molecule has 1 heterocycles. The number of aryl methyl sites for hydroxylation is 1. The monoisotopic (exact) mass is 406 g/mol. The van der Waals surface area contributed by atoms with Gasteiger partial charge in [-0.25, -0.2) is 4.90 Å². The fraction of sp³-hybridized carbons (Fsp3) is 0.158. The summed E-state index contributed by atoms with van der Waals surface area (Å²) in [5.41, 5.74) is 1.69. The van der Waals surface area contributed by atoms with E-state index in [1.807, 2.05) is 6.92 Å². The van der Waals surface area contributed by atoms with E-state index in [2.05, 4.69) is 5.32 Å². The van der Waals surface area contributed by atoms with Crippen LogP contribution < -0.4 is 19.7 Å². The Morgan fingerprint density at radius 2 is 1.70 bits per heavy atom. The van der Waals surface area contributed by atoms with Crippen molar-refractivity contribution in [3.8, 4) is 11.5 Å². The number of carbonyl (C=O) groups excluding carboxylic acids is 2. The van der Waals surface area contributed by atoms with Gasteiger partial charge < -0.3 is 14.8 Å². The van der Waals surface area contributed by atoms with Crippen molar-refractivity contribution in [3.63, 3.8) is 0 Å². The molecule has 0 spiro atoms. The van der Waals surface area contributed by atoms with Crippen LogP contribution in [0.25, 0.3) is 0 Å². The zero-order valence-corrected chi connectivity index (χ0v) is 16.3. The highest BCUT2D eigenvalue weighted by molar-refractivity contribution is 6.53. The molecular formula is C19H16Cl2N2O4. The van der Waals surface area contributed by atoms with Gasteiger partial charge in [0.05, 0.1) is 19.9 Å². The molecule has 2 amide bonds. The fourth-order valence-electron chi connectivity index (χ4n) is 2.70. The van der Waals surface area contributed by atoms with Crippen molar-refractivity contribution in [2.45, 2.75) is 6.92 Å². The number of amides is 2. The summed E-state index contributed by atoms with van der Waals surface area (Å²) in [6.07, 6.45) is 0. The molecule has 6 nitrogen and oxygen atoms in total. The minimum atomic E-state index is -0.640. The molecule has 2 aromatic carbocycles. The highest BCUT2D eigenvalue weighted by Gasteiger charge is 2.40. The topological polar surface area (TPSA) is 67.9 Å². The number of imide groups is 1. The van der Waals surface area contributed by atoms with E-state index in [-0.39, 0.29) is 16.4 Å². The van der Waals surface area contributed by atoms with Crippen molar-refractivity contribution in [1.29, 1.82) is 0 Å². The van der Waals surface area contributed by atoms with Gasteiger partial charge in [-0.3, -0.25) is 9.59 Å². The molecule has 1 N–H and O–H groups in total. The molecule has 1 aliphatic heterocycles. The fourth-order valence-corrected chi connectivity index (χ4v) is 3.14. The van der Waals surface area contributed by atoms with E-state index in [1.165, 1.54) is 14.2 Å². The molecule has 1 aliphatic rings. The molecule has 2 aromatic rings. The number of halogens is 2. The van der Waals surface area contributed by atoms with Crippen molar-refractivity contribution in [2.75, 3.05) is 24.4 Å². The van der Waals surface area contributed by atoms with E-state index in [1.54, 1.807) is 36.4 Å². The lowest BCUT2D eigenvalue weighted by Gasteiger charge is -2.19. The van der Waals surface area contributed by atoms with Gasteiger partial charge in [-0.1, -0.05) is 23.2 Å². The number of carbonyl (C=O) groups is 2. The molecule has 0 radical (unpaired) electrons. The maximum Gasteiger partial charge on any atom is 0.283 e. The van der Waals surface area contributed by atoms with Gasteiger partial charge >= 0.3 is 0 Å². The van der Waals surface area contributed by atoms with E-state index in [9.17, 15) is 9.59 Å². The Hall–Kier alpha value is -2.70. The van der Waals surface area contributed by atoms with Crippen molar-refractivity contribution in [3.05, 3.63) is 57.7 Å². The Bertz CT molecular complexity index is 972. The van der Waals surface area contributed by atoms with Gasteiger partial charge in [0.15, 0.2) is 0 Å². The van der Waals surface area contributed by atoms with E-state index in [0.29, 0.717) is 22.2 Å². The zero-order valence-electron chi connectivity index (χ0n) is 14.8. The number of benzene rings is 2. The largest absolute Gasteiger partial charge is 0.497 e. The Balaban J connectivity index is 1.97. The summed E-state index contributed by atoms with van der Waals surface area (Å²) in [5.74, 6) is -0.379. The van der Waals surface area contributed by atoms with E-state index in [0.717, 1.165) is 10.5 Å². The summed E-state index contributed by atoms with van der Waals surface area (Å²) in [6, 6.07) is 9.90. The van der Waals surface area contributed by atoms with Crippen LogP contribution in [0.4, 0.5) is 11.4 Å². The molecule has 0 bridgehead atoms. The molecule has 0 aliphatic carbocycles. The molecule has 3 rings (SSSR count). The Kier molecular flexibility index (Phi) is 5.30. The van der Waals surface area contributed by atoms with E-state index < -0.39 is 11.8 Å². The van der Waals surface area contributed by atoms with Gasteiger partial charge in [0.1, 0.15) is 22.2 Å². The van der Waals surface area contributed by atoms with E-state index in [4.69, 9.17) is 32.7 Å². The number of methoxy groups -OCH3 is 2. The normalized spacial score (nSPS) is 14.0. The van der Waals surface area contributed by atoms with Crippen molar-refractivity contribution < 1.29 is 19.1 Å². The second-order valence-electron chi connectivity index (χ2n) is 5.76. The summed E-state index contributed by atoms with van der Waals surface area (Å²) < 4.78 is 10.4. The SMILES string of the molecule is COc1ccc(N2C(=O)C(Cl)=C(Nc3ccc(Cl)cc3C)C2=O)c(OC)c1. The lowest BCUT2D eigenvalue weighted by molar-refractivity contribution is -0.120. The zero-order chi connectivity index (χ0) is 19.7. The highest BCUT2D eigenvalue weighted by Crippen LogP contribution is 2.38. The van der Waals surface area contributed by atoms with E-state index >= 15 is 0 Å². The lowest BCUT2D eigenvalue weighted by atomic mass is 10.2. The van der Waals surface area contributed by atoms with Crippen molar-refractivity contribution >= 4 is 46.4 Å². The van der Waals surface area contributed by atoms with Crippen molar-refractivity contribution in [2.24, 2.45) is 0 Å². The predicted molar refractivity (Wildman–Crippen MR) is 105 cm³/mol. The first-order valence-corrected chi connectivity index (χ1v) is 8.66. The number of nitrogens with one attached hydrogen (secondary N) is 1. The van der Waals surface area contributed by atoms with Gasteiger partial charge in [-0.15, -0.1) is 0 Å². The summed E-state index contributed by atoms with van der Waals surface area (Å²) in [6.45, 7) is 1.83. The number of ether oxygens (including phenoxy) is 2. The van der Waals surface area contributed by atoms with Crippen LogP contribution >= 0.6 is 23.2 Å². The molecule has 0 saturated heterocycles. The Morgan fingerprint density at radius 1 is 0.963 bits per heavy atom. The first kappa shape index (κ1) is 19.1. The van der Waals surface area contributed by atoms with Gasteiger partial charge in [-0.05, 0) is 42.8 Å². The van der Waals surface area contributed by atoms with Gasteiger partial charge in [0.25, 0.3) is 11.8 Å². The minimum absolute atomic E-state index is 0.00930. The van der Waals surface area contributed by atoms with Gasteiger partial charge in [0.2, 0.25) is 0 Å². The van der Waals surface area contributed by atoms with Crippen LogP contribution in [0.15, 0.2) is 47.1 Å². The molecule has 0 fully saturated rings. The molecule has 0 saturated carbocycles. The molecule has 140 valence electrons. The van der Waals surface area contributed by atoms with Crippen LogP contribution in [0.2, 0.25) is 5.02 Å².